The second-order valence-electron chi connectivity index (χ2n) is 10.7. The number of para-hydroxylation sites is 2. The maximum absolute atomic E-state index is 14.1. The van der Waals surface area contributed by atoms with Gasteiger partial charge >= 0.3 is 6.03 Å². The lowest BCUT2D eigenvalue weighted by Gasteiger charge is -2.35. The number of carbonyl (C=O) groups is 1. The predicted octanol–water partition coefficient (Wildman–Crippen LogP) is 7.16. The normalized spacial score (nSPS) is 13.2. The summed E-state index contributed by atoms with van der Waals surface area (Å²) in [6.07, 6.45) is 0.519. The summed E-state index contributed by atoms with van der Waals surface area (Å²) in [5.74, 6) is 2.20. The first-order chi connectivity index (χ1) is 22.1. The standard InChI is InChI=1S/C35H29FN6O3/c36-28-16-7-8-17-29(28)37-35(43)42-20-18-41(19-21-42)33-31-32(25-12-9-15-27(23-25)44-26-13-5-2-6-14-26)40-45-34(31)39-30(38-33)22-24-10-3-1-4-11-24/h1-17,23H,18-22H2,(H,37,43). The molecule has 3 heterocycles. The van der Waals surface area contributed by atoms with Crippen LogP contribution in [0.5, 0.6) is 11.5 Å². The fraction of sp³-hybridized carbons (Fsp3) is 0.143. The van der Waals surface area contributed by atoms with Gasteiger partial charge in [0, 0.05) is 38.2 Å². The van der Waals surface area contributed by atoms with Crippen molar-refractivity contribution in [3.63, 3.8) is 0 Å². The Hall–Kier alpha value is -5.77. The number of nitrogens with one attached hydrogen (secondary N) is 1. The molecule has 0 atom stereocenters. The maximum atomic E-state index is 14.1. The monoisotopic (exact) mass is 600 g/mol. The molecule has 1 N–H and O–H groups in total. The fourth-order valence-corrected chi connectivity index (χ4v) is 5.37. The molecule has 1 saturated heterocycles. The Kier molecular flexibility index (Phi) is 7.76. The number of fused-ring (bicyclic) bond motifs is 1. The summed E-state index contributed by atoms with van der Waals surface area (Å²) in [5.41, 5.74) is 3.01. The molecule has 1 fully saturated rings. The lowest BCUT2D eigenvalue weighted by atomic mass is 10.1. The lowest BCUT2D eigenvalue weighted by molar-refractivity contribution is 0.208. The summed E-state index contributed by atoms with van der Waals surface area (Å²) in [7, 11) is 0. The van der Waals surface area contributed by atoms with E-state index >= 15 is 0 Å². The smallest absolute Gasteiger partial charge is 0.322 e. The molecule has 0 radical (unpaired) electrons. The van der Waals surface area contributed by atoms with Crippen molar-refractivity contribution in [3.05, 3.63) is 126 Å². The van der Waals surface area contributed by atoms with Crippen LogP contribution in [0.25, 0.3) is 22.4 Å². The Labute approximate surface area is 258 Å². The van der Waals surface area contributed by atoms with E-state index in [1.165, 1.54) is 6.07 Å². The average molecular weight is 601 g/mol. The van der Waals surface area contributed by atoms with Gasteiger partial charge in [-0.2, -0.15) is 4.98 Å². The Morgan fingerprint density at radius 1 is 0.822 bits per heavy atom. The number of piperazine rings is 1. The molecule has 10 heteroatoms. The van der Waals surface area contributed by atoms with Crippen molar-refractivity contribution in [1.82, 2.24) is 20.0 Å². The van der Waals surface area contributed by atoms with E-state index in [0.29, 0.717) is 66.8 Å². The average Bonchev–Trinajstić information content (AvgIpc) is 3.51. The van der Waals surface area contributed by atoms with Crippen molar-refractivity contribution in [2.24, 2.45) is 0 Å². The third kappa shape index (κ3) is 6.16. The second-order valence-corrected chi connectivity index (χ2v) is 10.7. The van der Waals surface area contributed by atoms with Crippen LogP contribution in [0.4, 0.5) is 20.7 Å². The Balaban J connectivity index is 1.20. The van der Waals surface area contributed by atoms with Crippen molar-refractivity contribution in [2.75, 3.05) is 36.4 Å². The van der Waals surface area contributed by atoms with E-state index in [9.17, 15) is 9.18 Å². The van der Waals surface area contributed by atoms with E-state index in [0.717, 1.165) is 16.9 Å². The van der Waals surface area contributed by atoms with Crippen LogP contribution in [0, 0.1) is 5.82 Å². The first-order valence-corrected chi connectivity index (χ1v) is 14.7. The molecule has 2 aromatic heterocycles. The number of ether oxygens (including phenoxy) is 1. The topological polar surface area (TPSA) is 96.6 Å². The number of nitrogens with zero attached hydrogens (tertiary/aromatic N) is 5. The van der Waals surface area contributed by atoms with E-state index in [-0.39, 0.29) is 11.7 Å². The first-order valence-electron chi connectivity index (χ1n) is 14.7. The van der Waals surface area contributed by atoms with Gasteiger partial charge in [0.05, 0.1) is 5.69 Å². The van der Waals surface area contributed by atoms with Crippen LogP contribution < -0.4 is 15.0 Å². The Bertz CT molecular complexity index is 1940. The molecule has 0 saturated carbocycles. The number of halogens is 1. The summed E-state index contributed by atoms with van der Waals surface area (Å²) < 4.78 is 26.1. The van der Waals surface area contributed by atoms with E-state index in [2.05, 4.69) is 15.4 Å². The molecule has 0 bridgehead atoms. The zero-order valence-corrected chi connectivity index (χ0v) is 24.3. The SMILES string of the molecule is O=C(Nc1ccccc1F)N1CCN(c2nc(Cc3ccccc3)nc3onc(-c4cccc(Oc5ccccc5)c4)c23)CC1. The summed E-state index contributed by atoms with van der Waals surface area (Å²) in [5, 5.41) is 7.81. The zero-order valence-electron chi connectivity index (χ0n) is 24.3. The highest BCUT2D eigenvalue weighted by Crippen LogP contribution is 2.36. The van der Waals surface area contributed by atoms with Crippen LogP contribution in [0.1, 0.15) is 11.4 Å². The number of hydrogen-bond acceptors (Lipinski definition) is 7. The van der Waals surface area contributed by atoms with Crippen LogP contribution in [0.2, 0.25) is 0 Å². The molecule has 4 aromatic carbocycles. The predicted molar refractivity (Wildman–Crippen MR) is 170 cm³/mol. The molecule has 224 valence electrons. The van der Waals surface area contributed by atoms with Gasteiger partial charge in [-0.25, -0.2) is 14.2 Å². The number of carbonyl (C=O) groups excluding carboxylic acids is 1. The van der Waals surface area contributed by atoms with E-state index in [1.54, 1.807) is 23.1 Å². The third-order valence-electron chi connectivity index (χ3n) is 7.64. The number of benzene rings is 4. The van der Waals surface area contributed by atoms with Crippen molar-refractivity contribution in [2.45, 2.75) is 6.42 Å². The molecule has 0 unspecified atom stereocenters. The van der Waals surface area contributed by atoms with Gasteiger partial charge in [-0.15, -0.1) is 0 Å². The minimum Gasteiger partial charge on any atom is -0.457 e. The number of rotatable bonds is 7. The molecule has 0 spiro atoms. The van der Waals surface area contributed by atoms with Gasteiger partial charge in [-0.1, -0.05) is 78.0 Å². The largest absolute Gasteiger partial charge is 0.457 e. The van der Waals surface area contributed by atoms with Gasteiger partial charge in [0.1, 0.15) is 40.0 Å². The molecule has 7 rings (SSSR count). The third-order valence-corrected chi connectivity index (χ3v) is 7.64. The van der Waals surface area contributed by atoms with E-state index < -0.39 is 5.82 Å². The highest BCUT2D eigenvalue weighted by atomic mass is 19.1. The number of anilines is 2. The van der Waals surface area contributed by atoms with Gasteiger partial charge in [-0.05, 0) is 42.0 Å². The second kappa shape index (κ2) is 12.5. The van der Waals surface area contributed by atoms with Gasteiger partial charge in [0.15, 0.2) is 0 Å². The zero-order chi connectivity index (χ0) is 30.6. The summed E-state index contributed by atoms with van der Waals surface area (Å²) in [6.45, 7) is 1.84. The lowest BCUT2D eigenvalue weighted by Crippen LogP contribution is -2.50. The number of amides is 2. The van der Waals surface area contributed by atoms with Crippen LogP contribution in [-0.4, -0.2) is 52.2 Å². The van der Waals surface area contributed by atoms with Crippen molar-refractivity contribution in [1.29, 1.82) is 0 Å². The molecular formula is C35H29FN6O3. The Morgan fingerprint density at radius 2 is 1.53 bits per heavy atom. The maximum Gasteiger partial charge on any atom is 0.322 e. The minimum absolute atomic E-state index is 0.153. The van der Waals surface area contributed by atoms with Gasteiger partial charge < -0.3 is 24.4 Å². The van der Waals surface area contributed by atoms with E-state index in [4.69, 9.17) is 19.2 Å². The quantitative estimate of drug-likeness (QED) is 0.208. The van der Waals surface area contributed by atoms with Crippen LogP contribution in [-0.2, 0) is 6.42 Å². The minimum atomic E-state index is -0.475. The number of urea groups is 1. The summed E-state index contributed by atoms with van der Waals surface area (Å²) >= 11 is 0. The molecule has 45 heavy (non-hydrogen) atoms. The number of hydrogen-bond donors (Lipinski definition) is 1. The van der Waals surface area contributed by atoms with Crippen molar-refractivity contribution < 1.29 is 18.4 Å². The van der Waals surface area contributed by atoms with Crippen LogP contribution in [0.3, 0.4) is 0 Å². The van der Waals surface area contributed by atoms with Gasteiger partial charge in [-0.3, -0.25) is 0 Å². The molecule has 1 aliphatic rings. The molecule has 6 aromatic rings. The van der Waals surface area contributed by atoms with Crippen molar-refractivity contribution in [3.8, 4) is 22.8 Å². The molecular weight excluding hydrogens is 571 g/mol. The molecule has 1 aliphatic heterocycles. The van der Waals surface area contributed by atoms with Crippen LogP contribution >= 0.6 is 0 Å². The van der Waals surface area contributed by atoms with Gasteiger partial charge in [0.2, 0.25) is 0 Å². The Morgan fingerprint density at radius 3 is 2.31 bits per heavy atom. The highest BCUT2D eigenvalue weighted by molar-refractivity contribution is 5.98. The van der Waals surface area contributed by atoms with E-state index in [1.807, 2.05) is 84.9 Å². The van der Waals surface area contributed by atoms with Gasteiger partial charge in [0.25, 0.3) is 5.71 Å². The number of aromatic nitrogens is 3. The molecule has 0 aliphatic carbocycles. The summed E-state index contributed by atoms with van der Waals surface area (Å²) in [4.78, 5) is 26.5. The molecule has 2 amide bonds. The first kappa shape index (κ1) is 28.0. The van der Waals surface area contributed by atoms with Crippen molar-refractivity contribution >= 4 is 28.6 Å². The fourth-order valence-electron chi connectivity index (χ4n) is 5.37. The van der Waals surface area contributed by atoms with Crippen LogP contribution in [0.15, 0.2) is 114 Å². The summed E-state index contributed by atoms with van der Waals surface area (Å²) in [6, 6.07) is 33.0. The highest BCUT2D eigenvalue weighted by Gasteiger charge is 2.27. The molecule has 9 nitrogen and oxygen atoms in total.